The van der Waals surface area contributed by atoms with E-state index in [9.17, 15) is 14.3 Å². The van der Waals surface area contributed by atoms with Gasteiger partial charge in [0.1, 0.15) is 18.0 Å². The first-order valence-electron chi connectivity index (χ1n) is 5.31. The summed E-state index contributed by atoms with van der Waals surface area (Å²) in [6.07, 6.45) is -2.72. The van der Waals surface area contributed by atoms with Crippen molar-refractivity contribution in [3.63, 3.8) is 0 Å². The molecule has 4 nitrogen and oxygen atoms in total. The van der Waals surface area contributed by atoms with Gasteiger partial charge in [-0.3, -0.25) is 0 Å². The van der Waals surface area contributed by atoms with Crippen LogP contribution in [0.5, 0.6) is 0 Å². The molecule has 0 saturated carbocycles. The zero-order valence-electron chi connectivity index (χ0n) is 9.76. The third-order valence-corrected chi connectivity index (χ3v) is 2.43. The summed E-state index contributed by atoms with van der Waals surface area (Å²) < 4.78 is 17.6. The second-order valence-electron chi connectivity index (χ2n) is 4.14. The molecule has 5 heteroatoms. The Kier molecular flexibility index (Phi) is 4.45. The minimum absolute atomic E-state index is 0.109. The predicted octanol–water partition coefficient (Wildman–Crippen LogP) is 1.98. The highest BCUT2D eigenvalue weighted by Crippen LogP contribution is 2.24. The molecule has 0 bridgehead atoms. The molecule has 0 aliphatic heterocycles. The summed E-state index contributed by atoms with van der Waals surface area (Å²) in [5.74, 6) is -0.500. The molecule has 0 aromatic heterocycles. The van der Waals surface area contributed by atoms with Crippen LogP contribution >= 0.6 is 0 Å². The van der Waals surface area contributed by atoms with Gasteiger partial charge in [0.2, 0.25) is 0 Å². The number of hydrogen-bond donors (Lipinski definition) is 2. The topological polar surface area (TPSA) is 72.5 Å². The molecule has 0 fully saturated rings. The Bertz CT molecular complexity index is 378. The molecule has 1 rings (SSSR count). The Morgan fingerprint density at radius 3 is 2.29 bits per heavy atom. The number of nitrogens with two attached hydrogens (primary N) is 1. The van der Waals surface area contributed by atoms with E-state index in [0.29, 0.717) is 5.56 Å². The second-order valence-corrected chi connectivity index (χ2v) is 4.14. The minimum atomic E-state index is -1.02. The molecular weight excluding hydrogens is 225 g/mol. The number of carbonyl (C=O) groups excluding carboxylic acids is 1. The van der Waals surface area contributed by atoms with E-state index in [0.717, 1.165) is 0 Å². The molecular formula is C12H16FNO3. The lowest BCUT2D eigenvalue weighted by atomic mass is 9.96. The van der Waals surface area contributed by atoms with E-state index in [1.807, 2.05) is 0 Å². The number of amides is 1. The monoisotopic (exact) mass is 241 g/mol. The van der Waals surface area contributed by atoms with E-state index in [-0.39, 0.29) is 5.92 Å². The summed E-state index contributed by atoms with van der Waals surface area (Å²) in [5.41, 5.74) is 5.42. The van der Waals surface area contributed by atoms with E-state index >= 15 is 0 Å². The fourth-order valence-electron chi connectivity index (χ4n) is 1.55. The van der Waals surface area contributed by atoms with Crippen molar-refractivity contribution in [2.75, 3.05) is 0 Å². The van der Waals surface area contributed by atoms with Gasteiger partial charge in [-0.2, -0.15) is 0 Å². The van der Waals surface area contributed by atoms with Gasteiger partial charge < -0.3 is 15.6 Å². The van der Waals surface area contributed by atoms with Gasteiger partial charge in [0.15, 0.2) is 0 Å². The molecule has 0 saturated heterocycles. The highest BCUT2D eigenvalue weighted by Gasteiger charge is 2.27. The van der Waals surface area contributed by atoms with Gasteiger partial charge in [0, 0.05) is 0 Å². The standard InChI is InChI=1S/C12H16FNO3/c1-7(2)11(17-12(14)16)10(15)8-3-5-9(13)6-4-8/h3-7,10-11,15H,1-2H3,(H2,14,16)/t10-,11-/m1/s1. The maximum Gasteiger partial charge on any atom is 0.404 e. The number of carbonyl (C=O) groups is 1. The molecule has 0 heterocycles. The Labute approximate surface area is 99.2 Å². The quantitative estimate of drug-likeness (QED) is 0.846. The summed E-state index contributed by atoms with van der Waals surface area (Å²) in [6.45, 7) is 3.58. The first-order chi connectivity index (χ1) is 7.91. The van der Waals surface area contributed by atoms with Crippen LogP contribution in [0.25, 0.3) is 0 Å². The van der Waals surface area contributed by atoms with E-state index in [2.05, 4.69) is 0 Å². The fraction of sp³-hybridized carbons (Fsp3) is 0.417. The van der Waals surface area contributed by atoms with E-state index < -0.39 is 24.1 Å². The van der Waals surface area contributed by atoms with Crippen LogP contribution < -0.4 is 5.73 Å². The van der Waals surface area contributed by atoms with Crippen LogP contribution in [0.15, 0.2) is 24.3 Å². The maximum atomic E-state index is 12.7. The molecule has 0 radical (unpaired) electrons. The van der Waals surface area contributed by atoms with E-state index in [1.165, 1.54) is 24.3 Å². The van der Waals surface area contributed by atoms with Crippen LogP contribution in [0.4, 0.5) is 9.18 Å². The number of ether oxygens (including phenoxy) is 1. The molecule has 0 aliphatic rings. The first-order valence-corrected chi connectivity index (χ1v) is 5.31. The van der Waals surface area contributed by atoms with Crippen molar-refractivity contribution in [3.8, 4) is 0 Å². The lowest BCUT2D eigenvalue weighted by Gasteiger charge is -2.25. The van der Waals surface area contributed by atoms with Gasteiger partial charge in [-0.25, -0.2) is 9.18 Å². The van der Waals surface area contributed by atoms with Gasteiger partial charge in [-0.05, 0) is 23.6 Å². The van der Waals surface area contributed by atoms with Crippen LogP contribution in [-0.2, 0) is 4.74 Å². The van der Waals surface area contributed by atoms with Crippen LogP contribution in [0.1, 0.15) is 25.5 Å². The SMILES string of the molecule is CC(C)[C@@H](OC(N)=O)[C@H](O)c1ccc(F)cc1. The van der Waals surface area contributed by atoms with Crippen molar-refractivity contribution in [2.45, 2.75) is 26.1 Å². The molecule has 1 aromatic rings. The molecule has 2 atom stereocenters. The summed E-state index contributed by atoms with van der Waals surface area (Å²) in [7, 11) is 0. The summed E-state index contributed by atoms with van der Waals surface area (Å²) >= 11 is 0. The van der Waals surface area contributed by atoms with Crippen molar-refractivity contribution < 1.29 is 19.0 Å². The summed E-state index contributed by atoms with van der Waals surface area (Å²) in [6, 6.07) is 5.36. The third kappa shape index (κ3) is 3.71. The van der Waals surface area contributed by atoms with Gasteiger partial charge in [0.25, 0.3) is 0 Å². The Morgan fingerprint density at radius 1 is 1.35 bits per heavy atom. The molecule has 3 N–H and O–H groups in total. The van der Waals surface area contributed by atoms with Crippen molar-refractivity contribution in [2.24, 2.45) is 11.7 Å². The lowest BCUT2D eigenvalue weighted by Crippen LogP contribution is -2.32. The number of halogens is 1. The Hall–Kier alpha value is -1.62. The number of rotatable bonds is 4. The summed E-state index contributed by atoms with van der Waals surface area (Å²) in [4.78, 5) is 10.7. The fourth-order valence-corrected chi connectivity index (χ4v) is 1.55. The minimum Gasteiger partial charge on any atom is -0.443 e. The normalized spacial score (nSPS) is 14.4. The smallest absolute Gasteiger partial charge is 0.404 e. The molecule has 0 unspecified atom stereocenters. The highest BCUT2D eigenvalue weighted by molar-refractivity contribution is 5.64. The second kappa shape index (κ2) is 5.63. The number of hydrogen-bond acceptors (Lipinski definition) is 3. The first kappa shape index (κ1) is 13.4. The number of primary amides is 1. The van der Waals surface area contributed by atoms with Gasteiger partial charge in [0.05, 0.1) is 0 Å². The molecule has 1 amide bonds. The number of aliphatic hydroxyl groups is 1. The zero-order valence-corrected chi connectivity index (χ0v) is 9.76. The predicted molar refractivity (Wildman–Crippen MR) is 60.7 cm³/mol. The van der Waals surface area contributed by atoms with E-state index in [4.69, 9.17) is 10.5 Å². The van der Waals surface area contributed by atoms with Gasteiger partial charge >= 0.3 is 6.09 Å². The Morgan fingerprint density at radius 2 is 1.88 bits per heavy atom. The van der Waals surface area contributed by atoms with Crippen molar-refractivity contribution in [3.05, 3.63) is 35.6 Å². The average molecular weight is 241 g/mol. The molecule has 0 spiro atoms. The van der Waals surface area contributed by atoms with Crippen LogP contribution in [0.2, 0.25) is 0 Å². The lowest BCUT2D eigenvalue weighted by molar-refractivity contribution is -0.0196. The zero-order chi connectivity index (χ0) is 13.0. The van der Waals surface area contributed by atoms with E-state index in [1.54, 1.807) is 13.8 Å². The number of aliphatic hydroxyl groups excluding tert-OH is 1. The van der Waals surface area contributed by atoms with Gasteiger partial charge in [-0.1, -0.05) is 26.0 Å². The van der Waals surface area contributed by atoms with Gasteiger partial charge in [-0.15, -0.1) is 0 Å². The third-order valence-electron chi connectivity index (χ3n) is 2.43. The van der Waals surface area contributed by atoms with Crippen LogP contribution in [-0.4, -0.2) is 17.3 Å². The van der Waals surface area contributed by atoms with Crippen molar-refractivity contribution in [1.29, 1.82) is 0 Å². The summed E-state index contributed by atoms with van der Waals surface area (Å²) in [5, 5.41) is 10.0. The Balaban J connectivity index is 2.87. The van der Waals surface area contributed by atoms with Crippen LogP contribution in [0, 0.1) is 11.7 Å². The molecule has 94 valence electrons. The largest absolute Gasteiger partial charge is 0.443 e. The molecule has 17 heavy (non-hydrogen) atoms. The number of benzene rings is 1. The maximum absolute atomic E-state index is 12.7. The average Bonchev–Trinajstić information content (AvgIpc) is 2.25. The highest BCUT2D eigenvalue weighted by atomic mass is 19.1. The molecule has 1 aromatic carbocycles. The van der Waals surface area contributed by atoms with Crippen molar-refractivity contribution in [1.82, 2.24) is 0 Å². The molecule has 0 aliphatic carbocycles. The van der Waals surface area contributed by atoms with Crippen LogP contribution in [0.3, 0.4) is 0 Å². The van der Waals surface area contributed by atoms with Crippen molar-refractivity contribution >= 4 is 6.09 Å².